The molecule has 0 bridgehead atoms. The first kappa shape index (κ1) is 20.3. The fourth-order valence-electron chi connectivity index (χ4n) is 4.00. The highest BCUT2D eigenvalue weighted by Gasteiger charge is 2.18. The zero-order valence-electron chi connectivity index (χ0n) is 17.7. The van der Waals surface area contributed by atoms with E-state index in [-0.39, 0.29) is 11.6 Å². The van der Waals surface area contributed by atoms with Crippen LogP contribution in [0.5, 0.6) is 0 Å². The molecule has 2 N–H and O–H groups in total. The molecule has 30 heavy (non-hydrogen) atoms. The lowest BCUT2D eigenvalue weighted by atomic mass is 9.99. The summed E-state index contributed by atoms with van der Waals surface area (Å²) in [5.41, 5.74) is 4.81. The minimum Gasteiger partial charge on any atom is -0.342 e. The number of aryl methyl sites for hydroxylation is 2. The van der Waals surface area contributed by atoms with E-state index in [0.29, 0.717) is 18.1 Å². The number of aromatic nitrogens is 3. The molecule has 0 unspecified atom stereocenters. The monoisotopic (exact) mass is 403 g/mol. The van der Waals surface area contributed by atoms with Gasteiger partial charge >= 0.3 is 0 Å². The fourth-order valence-corrected chi connectivity index (χ4v) is 4.00. The summed E-state index contributed by atoms with van der Waals surface area (Å²) in [7, 11) is 0. The first-order valence-corrected chi connectivity index (χ1v) is 10.7. The Bertz CT molecular complexity index is 1020. The maximum absolute atomic E-state index is 12.9. The molecular weight excluding hydrogens is 374 g/mol. The van der Waals surface area contributed by atoms with E-state index >= 15 is 0 Å². The summed E-state index contributed by atoms with van der Waals surface area (Å²) >= 11 is 0. The number of benzene rings is 1. The number of nitrogens with zero attached hydrogens (tertiary/aromatic N) is 3. The minimum absolute atomic E-state index is 0.0557. The predicted molar refractivity (Wildman–Crippen MR) is 120 cm³/mol. The average molecular weight is 404 g/mol. The Morgan fingerprint density at radius 2 is 1.83 bits per heavy atom. The quantitative estimate of drug-likeness (QED) is 0.657. The van der Waals surface area contributed by atoms with Crippen LogP contribution < -0.4 is 15.8 Å². The van der Waals surface area contributed by atoms with E-state index in [9.17, 15) is 4.79 Å². The number of aromatic amines is 1. The molecule has 6 nitrogen and oxygen atoms in total. The Morgan fingerprint density at radius 3 is 2.50 bits per heavy atom. The van der Waals surface area contributed by atoms with Crippen molar-refractivity contribution < 1.29 is 0 Å². The summed E-state index contributed by atoms with van der Waals surface area (Å²) in [6.45, 7) is 6.34. The number of piperidine rings is 1. The molecule has 1 aliphatic rings. The van der Waals surface area contributed by atoms with Crippen molar-refractivity contribution >= 4 is 5.95 Å². The van der Waals surface area contributed by atoms with Crippen LogP contribution in [0.3, 0.4) is 0 Å². The van der Waals surface area contributed by atoms with Gasteiger partial charge in [-0.2, -0.15) is 0 Å². The average Bonchev–Trinajstić information content (AvgIpc) is 2.78. The van der Waals surface area contributed by atoms with Crippen molar-refractivity contribution in [3.8, 4) is 0 Å². The lowest BCUT2D eigenvalue weighted by molar-refractivity contribution is 0.564. The second-order valence-electron chi connectivity index (χ2n) is 8.01. The molecule has 1 saturated heterocycles. The van der Waals surface area contributed by atoms with Crippen molar-refractivity contribution in [3.05, 3.63) is 87.1 Å². The number of rotatable bonds is 6. The van der Waals surface area contributed by atoms with Crippen LogP contribution in [-0.2, 0) is 6.54 Å². The Hall–Kier alpha value is -2.99. The van der Waals surface area contributed by atoms with Crippen LogP contribution in [0.4, 0.5) is 5.95 Å². The topological polar surface area (TPSA) is 73.9 Å². The summed E-state index contributed by atoms with van der Waals surface area (Å²) in [4.78, 5) is 27.0. The molecule has 0 spiro atoms. The number of hydrogen-bond acceptors (Lipinski definition) is 5. The van der Waals surface area contributed by atoms with Crippen LogP contribution in [-0.4, -0.2) is 28.0 Å². The second kappa shape index (κ2) is 9.22. The second-order valence-corrected chi connectivity index (χ2v) is 8.01. The summed E-state index contributed by atoms with van der Waals surface area (Å²) in [6.07, 6.45) is 7.18. The van der Waals surface area contributed by atoms with Crippen molar-refractivity contribution in [1.82, 2.24) is 20.3 Å². The summed E-state index contributed by atoms with van der Waals surface area (Å²) in [5, 5.41) is 3.56. The van der Waals surface area contributed by atoms with Crippen LogP contribution in [0.1, 0.15) is 53.3 Å². The van der Waals surface area contributed by atoms with E-state index in [1.54, 1.807) is 6.20 Å². The molecule has 0 aliphatic carbocycles. The van der Waals surface area contributed by atoms with Gasteiger partial charge < -0.3 is 10.2 Å². The van der Waals surface area contributed by atoms with Crippen LogP contribution in [0.15, 0.2) is 53.6 Å². The third-order valence-corrected chi connectivity index (χ3v) is 5.78. The maximum atomic E-state index is 12.9. The zero-order chi connectivity index (χ0) is 20.9. The van der Waals surface area contributed by atoms with Gasteiger partial charge in [-0.15, -0.1) is 0 Å². The molecule has 156 valence electrons. The van der Waals surface area contributed by atoms with Crippen molar-refractivity contribution in [1.29, 1.82) is 0 Å². The molecule has 3 aromatic rings. The van der Waals surface area contributed by atoms with Crippen LogP contribution >= 0.6 is 0 Å². The molecule has 2 aromatic heterocycles. The maximum Gasteiger partial charge on any atom is 0.257 e. The van der Waals surface area contributed by atoms with Crippen molar-refractivity contribution in [2.45, 2.75) is 45.7 Å². The zero-order valence-corrected chi connectivity index (χ0v) is 17.7. The van der Waals surface area contributed by atoms with Crippen molar-refractivity contribution in [3.63, 3.8) is 0 Å². The molecule has 0 saturated carbocycles. The van der Waals surface area contributed by atoms with E-state index < -0.39 is 0 Å². The molecule has 1 aliphatic heterocycles. The van der Waals surface area contributed by atoms with Crippen molar-refractivity contribution in [2.75, 3.05) is 18.0 Å². The van der Waals surface area contributed by atoms with Gasteiger partial charge in [0.05, 0.1) is 17.3 Å². The van der Waals surface area contributed by atoms with Gasteiger partial charge in [0.2, 0.25) is 5.95 Å². The van der Waals surface area contributed by atoms with E-state index in [1.807, 2.05) is 19.2 Å². The van der Waals surface area contributed by atoms with Gasteiger partial charge in [0.25, 0.3) is 5.56 Å². The van der Waals surface area contributed by atoms with Gasteiger partial charge in [0.15, 0.2) is 0 Å². The van der Waals surface area contributed by atoms with Gasteiger partial charge in [-0.05, 0) is 50.3 Å². The molecule has 0 radical (unpaired) electrons. The Balaban J connectivity index is 1.57. The number of pyridine rings is 1. The van der Waals surface area contributed by atoms with Crippen molar-refractivity contribution in [2.24, 2.45) is 0 Å². The SMILES string of the molecule is Cc1ccc([C@@H](NCc2c(C)nc(N3CCCCC3)[nH]c2=O)c2cccnc2)cc1. The summed E-state index contributed by atoms with van der Waals surface area (Å²) < 4.78 is 0. The Morgan fingerprint density at radius 1 is 1.07 bits per heavy atom. The number of nitrogens with one attached hydrogen (secondary N) is 2. The Kier molecular flexibility index (Phi) is 6.23. The highest BCUT2D eigenvalue weighted by Crippen LogP contribution is 2.23. The minimum atomic E-state index is -0.0654. The molecule has 4 rings (SSSR count). The van der Waals surface area contributed by atoms with Crippen LogP contribution in [0.25, 0.3) is 0 Å². The van der Waals surface area contributed by atoms with Gasteiger partial charge in [-0.3, -0.25) is 14.8 Å². The molecule has 1 fully saturated rings. The predicted octanol–water partition coefficient (Wildman–Crippen LogP) is 3.65. The summed E-state index contributed by atoms with van der Waals surface area (Å²) in [6, 6.07) is 12.4. The van der Waals surface area contributed by atoms with Crippen LogP contribution in [0.2, 0.25) is 0 Å². The van der Waals surface area contributed by atoms with Gasteiger partial charge in [-0.25, -0.2) is 4.98 Å². The molecule has 3 heterocycles. The largest absolute Gasteiger partial charge is 0.342 e. The number of H-pyrrole nitrogens is 1. The van der Waals surface area contributed by atoms with E-state index in [4.69, 9.17) is 4.98 Å². The van der Waals surface area contributed by atoms with E-state index in [0.717, 1.165) is 42.8 Å². The lowest BCUT2D eigenvalue weighted by Crippen LogP contribution is -2.34. The standard InChI is InChI=1S/C24H29N5O/c1-17-8-10-19(11-9-17)22(20-7-6-12-25-15-20)26-16-21-18(2)27-24(28-23(21)30)29-13-4-3-5-14-29/h6-12,15,22,26H,3-5,13-14,16H2,1-2H3,(H,27,28,30)/t22-/m1/s1. The van der Waals surface area contributed by atoms with E-state index in [2.05, 4.69) is 57.4 Å². The third-order valence-electron chi connectivity index (χ3n) is 5.78. The highest BCUT2D eigenvalue weighted by molar-refractivity contribution is 5.35. The lowest BCUT2D eigenvalue weighted by Gasteiger charge is -2.27. The molecule has 6 heteroatoms. The van der Waals surface area contributed by atoms with E-state index in [1.165, 1.54) is 12.0 Å². The first-order chi connectivity index (χ1) is 14.6. The third kappa shape index (κ3) is 4.60. The highest BCUT2D eigenvalue weighted by atomic mass is 16.1. The normalized spacial score (nSPS) is 15.2. The van der Waals surface area contributed by atoms with Gasteiger partial charge in [-0.1, -0.05) is 35.9 Å². The van der Waals surface area contributed by atoms with Crippen LogP contribution in [0, 0.1) is 13.8 Å². The van der Waals surface area contributed by atoms with Gasteiger partial charge in [0.1, 0.15) is 0 Å². The molecule has 0 amide bonds. The Labute approximate surface area is 177 Å². The number of hydrogen-bond donors (Lipinski definition) is 2. The van der Waals surface area contributed by atoms with Gasteiger partial charge in [0, 0.05) is 32.0 Å². The number of anilines is 1. The molecule has 1 atom stereocenters. The molecule has 1 aromatic carbocycles. The fraction of sp³-hybridized carbons (Fsp3) is 0.375. The first-order valence-electron chi connectivity index (χ1n) is 10.7. The summed E-state index contributed by atoms with van der Waals surface area (Å²) in [5.74, 6) is 0.697. The smallest absolute Gasteiger partial charge is 0.257 e. The molecular formula is C24H29N5O.